The summed E-state index contributed by atoms with van der Waals surface area (Å²) in [5.74, 6) is 1.67. The molecule has 0 bridgehead atoms. The minimum atomic E-state index is 0.740. The first kappa shape index (κ1) is 12.8. The molecule has 0 spiro atoms. The van der Waals surface area contributed by atoms with E-state index < -0.39 is 0 Å². The lowest BCUT2D eigenvalue weighted by molar-refractivity contribution is 0.536. The molecule has 0 aliphatic rings. The van der Waals surface area contributed by atoms with E-state index in [2.05, 4.69) is 36.2 Å². The van der Waals surface area contributed by atoms with Gasteiger partial charge in [-0.05, 0) is 36.2 Å². The number of benzene rings is 1. The highest BCUT2D eigenvalue weighted by Crippen LogP contribution is 2.23. The van der Waals surface area contributed by atoms with Gasteiger partial charge in [-0.1, -0.05) is 24.3 Å². The molecule has 0 atom stereocenters. The smallest absolute Gasteiger partial charge is 0.206 e. The van der Waals surface area contributed by atoms with Crippen LogP contribution in [0.25, 0.3) is 17.0 Å². The monoisotopic (exact) mass is 289 g/mol. The average molecular weight is 289 g/mol. The molecule has 4 rings (SSSR count). The van der Waals surface area contributed by atoms with Crippen LogP contribution in [0.15, 0.2) is 65.4 Å². The summed E-state index contributed by atoms with van der Waals surface area (Å²) in [5.41, 5.74) is 4.21. The van der Waals surface area contributed by atoms with Crippen molar-refractivity contribution in [2.75, 3.05) is 0 Å². The van der Waals surface area contributed by atoms with Gasteiger partial charge >= 0.3 is 0 Å². The minimum absolute atomic E-state index is 0.740. The predicted octanol–water partition coefficient (Wildman–Crippen LogP) is 3.91. The standard InChI is InChI=1S/C18H15N3O/c1-13-6-2-3-7-14(13)12-16-20-15-8-4-10-19-18(15)21(16)17-9-5-11-22-17/h2-11H,12H2,1H3. The van der Waals surface area contributed by atoms with Crippen LogP contribution in [0.3, 0.4) is 0 Å². The molecule has 0 N–H and O–H groups in total. The molecule has 0 aliphatic carbocycles. The van der Waals surface area contributed by atoms with E-state index in [1.165, 1.54) is 11.1 Å². The Hall–Kier alpha value is -2.88. The Bertz CT molecular complexity index is 923. The summed E-state index contributed by atoms with van der Waals surface area (Å²) in [6.07, 6.45) is 4.19. The van der Waals surface area contributed by atoms with E-state index in [4.69, 9.17) is 9.40 Å². The van der Waals surface area contributed by atoms with E-state index in [1.807, 2.05) is 28.8 Å². The predicted molar refractivity (Wildman–Crippen MR) is 85.1 cm³/mol. The lowest BCUT2D eigenvalue weighted by Gasteiger charge is -2.07. The largest absolute Gasteiger partial charge is 0.448 e. The molecule has 4 nitrogen and oxygen atoms in total. The summed E-state index contributed by atoms with van der Waals surface area (Å²) in [5, 5.41) is 0. The molecule has 0 amide bonds. The highest BCUT2D eigenvalue weighted by molar-refractivity contribution is 5.73. The van der Waals surface area contributed by atoms with Crippen molar-refractivity contribution in [2.45, 2.75) is 13.3 Å². The first-order chi connectivity index (χ1) is 10.8. The molecular weight excluding hydrogens is 274 g/mol. The first-order valence-corrected chi connectivity index (χ1v) is 7.23. The van der Waals surface area contributed by atoms with Gasteiger partial charge in [0.1, 0.15) is 11.3 Å². The molecule has 0 saturated heterocycles. The first-order valence-electron chi connectivity index (χ1n) is 7.23. The molecule has 108 valence electrons. The molecular formula is C18H15N3O. The van der Waals surface area contributed by atoms with Crippen LogP contribution in [0.4, 0.5) is 0 Å². The number of aromatic nitrogens is 3. The fourth-order valence-electron chi connectivity index (χ4n) is 2.69. The Kier molecular flexibility index (Phi) is 3.00. The van der Waals surface area contributed by atoms with Crippen LogP contribution in [-0.4, -0.2) is 14.5 Å². The SMILES string of the molecule is Cc1ccccc1Cc1nc2cccnc2n1-c1ccco1. The number of aryl methyl sites for hydroxylation is 1. The maximum atomic E-state index is 5.58. The number of fused-ring (bicyclic) bond motifs is 1. The Balaban J connectivity index is 1.90. The normalized spacial score (nSPS) is 11.1. The lowest BCUT2D eigenvalue weighted by Crippen LogP contribution is -2.03. The zero-order valence-electron chi connectivity index (χ0n) is 12.2. The van der Waals surface area contributed by atoms with Crippen LogP contribution in [0.1, 0.15) is 17.0 Å². The van der Waals surface area contributed by atoms with Crippen molar-refractivity contribution < 1.29 is 4.42 Å². The van der Waals surface area contributed by atoms with Gasteiger partial charge in [-0.2, -0.15) is 0 Å². The van der Waals surface area contributed by atoms with Crippen LogP contribution in [0, 0.1) is 6.92 Å². The molecule has 0 aliphatic heterocycles. The maximum Gasteiger partial charge on any atom is 0.206 e. The molecule has 1 aromatic carbocycles. The second-order valence-corrected chi connectivity index (χ2v) is 5.26. The van der Waals surface area contributed by atoms with E-state index >= 15 is 0 Å². The third-order valence-corrected chi connectivity index (χ3v) is 3.82. The Labute approximate surface area is 128 Å². The van der Waals surface area contributed by atoms with E-state index in [9.17, 15) is 0 Å². The van der Waals surface area contributed by atoms with Crippen LogP contribution in [-0.2, 0) is 6.42 Å². The zero-order valence-corrected chi connectivity index (χ0v) is 12.2. The van der Waals surface area contributed by atoms with E-state index in [0.29, 0.717) is 0 Å². The van der Waals surface area contributed by atoms with Gasteiger partial charge in [0, 0.05) is 18.7 Å². The molecule has 0 fully saturated rings. The van der Waals surface area contributed by atoms with Gasteiger partial charge in [0.2, 0.25) is 5.88 Å². The van der Waals surface area contributed by atoms with Crippen molar-refractivity contribution in [3.8, 4) is 5.88 Å². The minimum Gasteiger partial charge on any atom is -0.448 e. The average Bonchev–Trinajstić information content (AvgIpc) is 3.16. The second-order valence-electron chi connectivity index (χ2n) is 5.26. The van der Waals surface area contributed by atoms with Crippen LogP contribution >= 0.6 is 0 Å². The van der Waals surface area contributed by atoms with Crippen molar-refractivity contribution in [3.63, 3.8) is 0 Å². The van der Waals surface area contributed by atoms with Gasteiger partial charge in [0.15, 0.2) is 5.65 Å². The van der Waals surface area contributed by atoms with Crippen LogP contribution in [0.5, 0.6) is 0 Å². The van der Waals surface area contributed by atoms with Crippen LogP contribution in [0.2, 0.25) is 0 Å². The second kappa shape index (κ2) is 5.15. The van der Waals surface area contributed by atoms with Crippen molar-refractivity contribution in [1.82, 2.24) is 14.5 Å². The third-order valence-electron chi connectivity index (χ3n) is 3.82. The van der Waals surface area contributed by atoms with Gasteiger partial charge in [-0.25, -0.2) is 14.5 Å². The summed E-state index contributed by atoms with van der Waals surface area (Å²) in [4.78, 5) is 9.21. The number of imidazole rings is 1. The highest BCUT2D eigenvalue weighted by atomic mass is 16.3. The van der Waals surface area contributed by atoms with Crippen molar-refractivity contribution in [2.24, 2.45) is 0 Å². The summed E-state index contributed by atoms with van der Waals surface area (Å²) >= 11 is 0. The molecule has 22 heavy (non-hydrogen) atoms. The van der Waals surface area contributed by atoms with Crippen molar-refractivity contribution >= 4 is 11.2 Å². The van der Waals surface area contributed by atoms with Gasteiger partial charge in [-0.3, -0.25) is 0 Å². The maximum absolute atomic E-state index is 5.58. The molecule has 0 saturated carbocycles. The molecule has 3 heterocycles. The summed E-state index contributed by atoms with van der Waals surface area (Å²) in [6, 6.07) is 16.0. The topological polar surface area (TPSA) is 43.9 Å². The van der Waals surface area contributed by atoms with Crippen molar-refractivity contribution in [1.29, 1.82) is 0 Å². The van der Waals surface area contributed by atoms with E-state index in [1.54, 1.807) is 12.5 Å². The zero-order chi connectivity index (χ0) is 14.9. The van der Waals surface area contributed by atoms with Crippen molar-refractivity contribution in [3.05, 3.63) is 77.9 Å². The Morgan fingerprint density at radius 1 is 1.05 bits per heavy atom. The molecule has 4 aromatic rings. The summed E-state index contributed by atoms with van der Waals surface area (Å²) in [6.45, 7) is 2.12. The Morgan fingerprint density at radius 3 is 2.77 bits per heavy atom. The fourth-order valence-corrected chi connectivity index (χ4v) is 2.69. The lowest BCUT2D eigenvalue weighted by atomic mass is 10.1. The van der Waals surface area contributed by atoms with E-state index in [-0.39, 0.29) is 0 Å². The number of furan rings is 1. The van der Waals surface area contributed by atoms with Crippen LogP contribution < -0.4 is 0 Å². The molecule has 4 heteroatoms. The Morgan fingerprint density at radius 2 is 1.95 bits per heavy atom. The number of pyridine rings is 1. The van der Waals surface area contributed by atoms with Gasteiger partial charge in [-0.15, -0.1) is 0 Å². The highest BCUT2D eigenvalue weighted by Gasteiger charge is 2.15. The molecule has 0 radical (unpaired) electrons. The van der Waals surface area contributed by atoms with E-state index in [0.717, 1.165) is 29.3 Å². The number of hydrogen-bond donors (Lipinski definition) is 0. The summed E-state index contributed by atoms with van der Waals surface area (Å²) in [7, 11) is 0. The molecule has 3 aromatic heterocycles. The quantitative estimate of drug-likeness (QED) is 0.574. The van der Waals surface area contributed by atoms with Gasteiger partial charge in [0.25, 0.3) is 0 Å². The molecule has 0 unspecified atom stereocenters. The summed E-state index contributed by atoms with van der Waals surface area (Å²) < 4.78 is 7.57. The van der Waals surface area contributed by atoms with Gasteiger partial charge in [0.05, 0.1) is 6.26 Å². The number of rotatable bonds is 3. The van der Waals surface area contributed by atoms with Gasteiger partial charge < -0.3 is 4.42 Å². The number of hydrogen-bond acceptors (Lipinski definition) is 3. The number of nitrogens with zero attached hydrogens (tertiary/aromatic N) is 3. The third kappa shape index (κ3) is 2.09. The fraction of sp³-hybridized carbons (Fsp3) is 0.111.